The van der Waals surface area contributed by atoms with Gasteiger partial charge in [-0.05, 0) is 54.2 Å². The van der Waals surface area contributed by atoms with Gasteiger partial charge in [0.2, 0.25) is 0 Å². The van der Waals surface area contributed by atoms with E-state index < -0.39 is 11.8 Å². The number of para-hydroxylation sites is 1. The second-order valence-electron chi connectivity index (χ2n) is 7.00. The number of benzene rings is 3. The zero-order valence-electron chi connectivity index (χ0n) is 17.7. The summed E-state index contributed by atoms with van der Waals surface area (Å²) < 4.78 is 11.3. The maximum atomic E-state index is 12.8. The molecular weight excluding hydrogens is 456 g/mol. The fourth-order valence-electron chi connectivity index (χ4n) is 3.10. The van der Waals surface area contributed by atoms with E-state index in [0.29, 0.717) is 28.6 Å². The summed E-state index contributed by atoms with van der Waals surface area (Å²) in [5.41, 5.74) is 4.76. The van der Waals surface area contributed by atoms with Crippen LogP contribution in [0.1, 0.15) is 21.5 Å². The Bertz CT molecular complexity index is 1210. The van der Waals surface area contributed by atoms with E-state index in [4.69, 9.17) is 21.7 Å². The number of hydrazine groups is 1. The lowest BCUT2D eigenvalue weighted by molar-refractivity contribution is -0.123. The maximum absolute atomic E-state index is 12.8. The molecule has 1 fully saturated rings. The molecule has 0 unspecified atom stereocenters. The Labute approximate surface area is 201 Å². The monoisotopic (exact) mass is 476 g/mol. The summed E-state index contributed by atoms with van der Waals surface area (Å²) in [6.07, 6.45) is 1.70. The van der Waals surface area contributed by atoms with E-state index in [9.17, 15) is 9.59 Å². The minimum atomic E-state index is -0.445. The summed E-state index contributed by atoms with van der Waals surface area (Å²) in [7, 11) is 1.57. The third kappa shape index (κ3) is 5.42. The SMILES string of the molecule is COc1ccccc1/C=C1/SC(=S)N(NC(=O)c2ccc(OCc3ccccc3)cc2)C1=O. The number of amides is 2. The zero-order chi connectivity index (χ0) is 23.2. The fourth-order valence-corrected chi connectivity index (χ4v) is 4.27. The number of nitrogens with zero attached hydrogens (tertiary/aromatic N) is 1. The molecule has 6 nitrogen and oxygen atoms in total. The highest BCUT2D eigenvalue weighted by Crippen LogP contribution is 2.33. The van der Waals surface area contributed by atoms with Gasteiger partial charge in [-0.2, -0.15) is 5.01 Å². The molecular formula is C25H20N2O4S2. The van der Waals surface area contributed by atoms with Crippen molar-refractivity contribution in [1.29, 1.82) is 0 Å². The summed E-state index contributed by atoms with van der Waals surface area (Å²) in [5, 5.41) is 1.09. The van der Waals surface area contributed by atoms with Crippen LogP contribution in [0.25, 0.3) is 6.08 Å². The first kappa shape index (κ1) is 22.6. The molecule has 2 amide bonds. The molecule has 1 saturated heterocycles. The summed E-state index contributed by atoms with van der Waals surface area (Å²) in [6.45, 7) is 0.432. The Morgan fingerprint density at radius 3 is 2.45 bits per heavy atom. The van der Waals surface area contributed by atoms with Crippen molar-refractivity contribution in [1.82, 2.24) is 10.4 Å². The number of nitrogens with one attached hydrogen (secondary N) is 1. The number of thioether (sulfide) groups is 1. The van der Waals surface area contributed by atoms with Crippen molar-refractivity contribution in [3.8, 4) is 11.5 Å². The van der Waals surface area contributed by atoms with Gasteiger partial charge >= 0.3 is 0 Å². The van der Waals surface area contributed by atoms with Crippen molar-refractivity contribution >= 4 is 46.2 Å². The normalized spacial score (nSPS) is 14.5. The molecule has 0 aliphatic carbocycles. The van der Waals surface area contributed by atoms with Crippen LogP contribution in [0, 0.1) is 0 Å². The van der Waals surface area contributed by atoms with Crippen molar-refractivity contribution in [2.75, 3.05) is 7.11 Å². The van der Waals surface area contributed by atoms with Crippen molar-refractivity contribution in [3.05, 3.63) is 100 Å². The third-order valence-corrected chi connectivity index (χ3v) is 6.10. The number of methoxy groups -OCH3 is 1. The highest BCUT2D eigenvalue weighted by atomic mass is 32.2. The van der Waals surface area contributed by atoms with Crippen LogP contribution in [-0.4, -0.2) is 28.3 Å². The van der Waals surface area contributed by atoms with Crippen molar-refractivity contribution in [2.45, 2.75) is 6.61 Å². The van der Waals surface area contributed by atoms with Crippen LogP contribution in [0.4, 0.5) is 0 Å². The fraction of sp³-hybridized carbons (Fsp3) is 0.0800. The van der Waals surface area contributed by atoms with E-state index >= 15 is 0 Å². The molecule has 1 N–H and O–H groups in total. The molecule has 3 aromatic carbocycles. The average molecular weight is 477 g/mol. The van der Waals surface area contributed by atoms with Crippen LogP contribution in [0.2, 0.25) is 0 Å². The van der Waals surface area contributed by atoms with Crippen LogP contribution in [-0.2, 0) is 11.4 Å². The predicted octanol–water partition coefficient (Wildman–Crippen LogP) is 4.82. The Kier molecular flexibility index (Phi) is 7.07. The van der Waals surface area contributed by atoms with Gasteiger partial charge in [0.25, 0.3) is 11.8 Å². The lowest BCUT2D eigenvalue weighted by atomic mass is 10.2. The van der Waals surface area contributed by atoms with Gasteiger partial charge in [0.05, 0.1) is 12.0 Å². The molecule has 1 heterocycles. The average Bonchev–Trinajstić information content (AvgIpc) is 3.11. The van der Waals surface area contributed by atoms with Gasteiger partial charge in [-0.1, -0.05) is 60.3 Å². The molecule has 1 aliphatic heterocycles. The van der Waals surface area contributed by atoms with Crippen LogP contribution in [0.3, 0.4) is 0 Å². The lowest BCUT2D eigenvalue weighted by Gasteiger charge is -2.16. The third-order valence-electron chi connectivity index (χ3n) is 4.80. The summed E-state index contributed by atoms with van der Waals surface area (Å²) in [5.74, 6) is 0.439. The van der Waals surface area contributed by atoms with E-state index in [1.165, 1.54) is 0 Å². The van der Waals surface area contributed by atoms with Crippen molar-refractivity contribution in [3.63, 3.8) is 0 Å². The Morgan fingerprint density at radius 1 is 1.03 bits per heavy atom. The Morgan fingerprint density at radius 2 is 1.73 bits per heavy atom. The number of thiocarbonyl (C=S) groups is 1. The van der Waals surface area contributed by atoms with Gasteiger partial charge in [0, 0.05) is 11.1 Å². The van der Waals surface area contributed by atoms with Crippen LogP contribution in [0.5, 0.6) is 11.5 Å². The van der Waals surface area contributed by atoms with Gasteiger partial charge in [-0.3, -0.25) is 15.0 Å². The van der Waals surface area contributed by atoms with Gasteiger partial charge in [0.15, 0.2) is 4.32 Å². The molecule has 0 spiro atoms. The standard InChI is InChI=1S/C25H20N2O4S2/c1-30-21-10-6-5-9-19(21)15-22-24(29)27(25(32)33-22)26-23(28)18-11-13-20(14-12-18)31-16-17-7-3-2-4-8-17/h2-15H,16H2,1H3,(H,26,28)/b22-15+. The van der Waals surface area contributed by atoms with E-state index in [0.717, 1.165) is 27.9 Å². The maximum Gasteiger partial charge on any atom is 0.285 e. The number of hydrogen-bond acceptors (Lipinski definition) is 6. The smallest absolute Gasteiger partial charge is 0.285 e. The second-order valence-corrected chi connectivity index (χ2v) is 8.67. The summed E-state index contributed by atoms with van der Waals surface area (Å²) in [6, 6.07) is 23.8. The van der Waals surface area contributed by atoms with Crippen LogP contribution >= 0.6 is 24.0 Å². The van der Waals surface area contributed by atoms with Gasteiger partial charge in [-0.25, -0.2) is 0 Å². The topological polar surface area (TPSA) is 67.9 Å². The molecule has 166 valence electrons. The molecule has 3 aromatic rings. The van der Waals surface area contributed by atoms with E-state index in [1.54, 1.807) is 37.5 Å². The number of hydrogen-bond donors (Lipinski definition) is 1. The number of carbonyl (C=O) groups excluding carboxylic acids is 2. The van der Waals surface area contributed by atoms with Crippen molar-refractivity contribution in [2.24, 2.45) is 0 Å². The highest BCUT2D eigenvalue weighted by molar-refractivity contribution is 8.26. The number of rotatable bonds is 7. The van der Waals surface area contributed by atoms with Gasteiger partial charge in [0.1, 0.15) is 18.1 Å². The zero-order valence-corrected chi connectivity index (χ0v) is 19.3. The lowest BCUT2D eigenvalue weighted by Crippen LogP contribution is -2.44. The quantitative estimate of drug-likeness (QED) is 0.390. The van der Waals surface area contributed by atoms with E-state index in [2.05, 4.69) is 5.43 Å². The minimum Gasteiger partial charge on any atom is -0.496 e. The van der Waals surface area contributed by atoms with Gasteiger partial charge < -0.3 is 9.47 Å². The summed E-state index contributed by atoms with van der Waals surface area (Å²) >= 11 is 6.42. The minimum absolute atomic E-state index is 0.248. The number of ether oxygens (including phenoxy) is 2. The second kappa shape index (κ2) is 10.3. The molecule has 4 rings (SSSR count). The molecule has 33 heavy (non-hydrogen) atoms. The molecule has 0 atom stereocenters. The first-order valence-corrected chi connectivity index (χ1v) is 11.3. The highest BCUT2D eigenvalue weighted by Gasteiger charge is 2.34. The van der Waals surface area contributed by atoms with Crippen LogP contribution < -0.4 is 14.9 Å². The van der Waals surface area contributed by atoms with E-state index in [1.807, 2.05) is 54.6 Å². The molecule has 0 aromatic heterocycles. The summed E-state index contributed by atoms with van der Waals surface area (Å²) in [4.78, 5) is 25.9. The number of carbonyl (C=O) groups is 2. The van der Waals surface area contributed by atoms with E-state index in [-0.39, 0.29) is 4.32 Å². The molecule has 0 saturated carbocycles. The van der Waals surface area contributed by atoms with Gasteiger partial charge in [-0.15, -0.1) is 0 Å². The molecule has 8 heteroatoms. The first-order valence-electron chi connectivity index (χ1n) is 10.0. The van der Waals surface area contributed by atoms with Crippen LogP contribution in [0.15, 0.2) is 83.8 Å². The molecule has 0 radical (unpaired) electrons. The predicted molar refractivity (Wildman–Crippen MR) is 133 cm³/mol. The van der Waals surface area contributed by atoms with Crippen molar-refractivity contribution < 1.29 is 19.1 Å². The Balaban J connectivity index is 1.40. The molecule has 0 bridgehead atoms. The largest absolute Gasteiger partial charge is 0.496 e. The first-order chi connectivity index (χ1) is 16.0. The molecule has 1 aliphatic rings. The Hall–Kier alpha value is -3.62.